The summed E-state index contributed by atoms with van der Waals surface area (Å²) in [6, 6.07) is 13.7. The first-order valence-corrected chi connectivity index (χ1v) is 9.20. The maximum Gasteiger partial charge on any atom is 0.223 e. The van der Waals surface area contributed by atoms with E-state index in [-0.39, 0.29) is 17.8 Å². The molecule has 0 radical (unpaired) electrons. The SMILES string of the molecule is COc1ccc(OCCCC(=O)N2CCNCC2c2cccc(F)c2)cc1. The molecule has 0 bridgehead atoms. The van der Waals surface area contributed by atoms with Crippen LogP contribution in [0, 0.1) is 5.82 Å². The number of halogens is 1. The van der Waals surface area contributed by atoms with Gasteiger partial charge in [-0.25, -0.2) is 4.39 Å². The van der Waals surface area contributed by atoms with Crippen molar-refractivity contribution in [1.82, 2.24) is 10.2 Å². The molecule has 1 atom stereocenters. The van der Waals surface area contributed by atoms with E-state index in [1.165, 1.54) is 12.1 Å². The summed E-state index contributed by atoms with van der Waals surface area (Å²) in [5.41, 5.74) is 0.824. The summed E-state index contributed by atoms with van der Waals surface area (Å²) in [5.74, 6) is 1.32. The Morgan fingerprint density at radius 1 is 1.22 bits per heavy atom. The molecule has 1 heterocycles. The van der Waals surface area contributed by atoms with Gasteiger partial charge in [-0.2, -0.15) is 0 Å². The van der Waals surface area contributed by atoms with Crippen molar-refractivity contribution in [1.29, 1.82) is 0 Å². The molecule has 0 saturated carbocycles. The van der Waals surface area contributed by atoms with E-state index < -0.39 is 0 Å². The Morgan fingerprint density at radius 3 is 2.74 bits per heavy atom. The van der Waals surface area contributed by atoms with E-state index in [9.17, 15) is 9.18 Å². The Morgan fingerprint density at radius 2 is 2.00 bits per heavy atom. The number of amides is 1. The van der Waals surface area contributed by atoms with Crippen LogP contribution in [0.4, 0.5) is 4.39 Å². The second kappa shape index (κ2) is 9.37. The summed E-state index contributed by atoms with van der Waals surface area (Å²) in [4.78, 5) is 14.5. The quantitative estimate of drug-likeness (QED) is 0.759. The number of nitrogens with zero attached hydrogens (tertiary/aromatic N) is 1. The van der Waals surface area contributed by atoms with E-state index in [1.807, 2.05) is 35.2 Å². The minimum Gasteiger partial charge on any atom is -0.497 e. The summed E-state index contributed by atoms with van der Waals surface area (Å²) >= 11 is 0. The molecule has 2 aromatic rings. The summed E-state index contributed by atoms with van der Waals surface area (Å²) in [7, 11) is 1.62. The number of benzene rings is 2. The zero-order valence-corrected chi connectivity index (χ0v) is 15.5. The number of hydrogen-bond acceptors (Lipinski definition) is 4. The Labute approximate surface area is 159 Å². The Kier molecular flexibility index (Phi) is 6.65. The second-order valence-electron chi connectivity index (χ2n) is 6.49. The molecule has 0 aliphatic carbocycles. The van der Waals surface area contributed by atoms with Gasteiger partial charge in [-0.1, -0.05) is 12.1 Å². The molecule has 0 aromatic heterocycles. The number of nitrogens with one attached hydrogen (secondary N) is 1. The number of ether oxygens (including phenoxy) is 2. The average Bonchev–Trinajstić information content (AvgIpc) is 2.71. The Bertz CT molecular complexity index is 751. The smallest absolute Gasteiger partial charge is 0.223 e. The number of carbonyl (C=O) groups is 1. The molecule has 1 saturated heterocycles. The van der Waals surface area contributed by atoms with E-state index in [4.69, 9.17) is 9.47 Å². The van der Waals surface area contributed by atoms with Crippen molar-refractivity contribution in [3.63, 3.8) is 0 Å². The molecular formula is C21H25FN2O3. The molecule has 5 nitrogen and oxygen atoms in total. The topological polar surface area (TPSA) is 50.8 Å². The first-order chi connectivity index (χ1) is 13.2. The third-order valence-corrected chi connectivity index (χ3v) is 4.66. The summed E-state index contributed by atoms with van der Waals surface area (Å²) in [6.45, 7) is 2.48. The van der Waals surface area contributed by atoms with Crippen molar-refractivity contribution in [2.24, 2.45) is 0 Å². The lowest BCUT2D eigenvalue weighted by molar-refractivity contribution is -0.134. The molecule has 1 aliphatic rings. The van der Waals surface area contributed by atoms with Crippen LogP contribution in [0.3, 0.4) is 0 Å². The maximum atomic E-state index is 13.6. The van der Waals surface area contributed by atoms with Crippen LogP contribution in [-0.2, 0) is 4.79 Å². The van der Waals surface area contributed by atoms with Gasteiger partial charge in [-0.05, 0) is 48.4 Å². The monoisotopic (exact) mass is 372 g/mol. The fourth-order valence-corrected chi connectivity index (χ4v) is 3.24. The highest BCUT2D eigenvalue weighted by Gasteiger charge is 2.27. The van der Waals surface area contributed by atoms with Crippen LogP contribution in [0.2, 0.25) is 0 Å². The first-order valence-electron chi connectivity index (χ1n) is 9.20. The molecule has 1 fully saturated rings. The van der Waals surface area contributed by atoms with Gasteiger partial charge in [0, 0.05) is 26.1 Å². The average molecular weight is 372 g/mol. The van der Waals surface area contributed by atoms with E-state index in [0.717, 1.165) is 23.6 Å². The predicted molar refractivity (Wildman–Crippen MR) is 101 cm³/mol. The molecule has 0 spiro atoms. The minimum atomic E-state index is -0.279. The number of rotatable bonds is 7. The summed E-state index contributed by atoms with van der Waals surface area (Å²) in [6.07, 6.45) is 1.03. The minimum absolute atomic E-state index is 0.0732. The number of piperazine rings is 1. The third kappa shape index (κ3) is 5.20. The van der Waals surface area contributed by atoms with Crippen LogP contribution < -0.4 is 14.8 Å². The molecular weight excluding hydrogens is 347 g/mol. The highest BCUT2D eigenvalue weighted by Crippen LogP contribution is 2.24. The van der Waals surface area contributed by atoms with Crippen molar-refractivity contribution < 1.29 is 18.7 Å². The molecule has 6 heteroatoms. The van der Waals surface area contributed by atoms with Crippen molar-refractivity contribution in [2.75, 3.05) is 33.4 Å². The maximum absolute atomic E-state index is 13.6. The van der Waals surface area contributed by atoms with E-state index in [0.29, 0.717) is 32.5 Å². The lowest BCUT2D eigenvalue weighted by Gasteiger charge is -2.36. The van der Waals surface area contributed by atoms with Crippen molar-refractivity contribution in [3.8, 4) is 11.5 Å². The number of carbonyl (C=O) groups excluding carboxylic acids is 1. The van der Waals surface area contributed by atoms with Crippen molar-refractivity contribution >= 4 is 5.91 Å². The molecule has 2 aromatic carbocycles. The van der Waals surface area contributed by atoms with E-state index in [1.54, 1.807) is 13.2 Å². The second-order valence-corrected chi connectivity index (χ2v) is 6.49. The molecule has 144 valence electrons. The van der Waals surface area contributed by atoms with Gasteiger partial charge in [-0.3, -0.25) is 4.79 Å². The molecule has 3 rings (SSSR count). The van der Waals surface area contributed by atoms with Gasteiger partial charge in [0.1, 0.15) is 17.3 Å². The van der Waals surface area contributed by atoms with Gasteiger partial charge in [0.25, 0.3) is 0 Å². The Hall–Kier alpha value is -2.60. The molecule has 1 aliphatic heterocycles. The van der Waals surface area contributed by atoms with E-state index in [2.05, 4.69) is 5.32 Å². The predicted octanol–water partition coefficient (Wildman–Crippen LogP) is 3.17. The van der Waals surface area contributed by atoms with Crippen molar-refractivity contribution in [3.05, 3.63) is 59.9 Å². The lowest BCUT2D eigenvalue weighted by atomic mass is 10.0. The summed E-state index contributed by atoms with van der Waals surface area (Å²) in [5, 5.41) is 3.28. The zero-order valence-electron chi connectivity index (χ0n) is 15.5. The van der Waals surface area contributed by atoms with Gasteiger partial charge in [-0.15, -0.1) is 0 Å². The number of methoxy groups -OCH3 is 1. The largest absolute Gasteiger partial charge is 0.497 e. The van der Waals surface area contributed by atoms with Gasteiger partial charge >= 0.3 is 0 Å². The van der Waals surface area contributed by atoms with Gasteiger partial charge in [0.2, 0.25) is 5.91 Å². The first kappa shape index (κ1) is 19.2. The number of hydrogen-bond donors (Lipinski definition) is 1. The van der Waals surface area contributed by atoms with Crippen LogP contribution in [0.25, 0.3) is 0 Å². The van der Waals surface area contributed by atoms with Gasteiger partial charge in [0.05, 0.1) is 19.8 Å². The van der Waals surface area contributed by atoms with Gasteiger partial charge in [0.15, 0.2) is 0 Å². The standard InChI is InChI=1S/C21H25FN2O3/c1-26-18-7-9-19(10-8-18)27-13-3-6-21(25)24-12-11-23-15-20(24)16-4-2-5-17(22)14-16/h2,4-5,7-10,14,20,23H,3,6,11-13,15H2,1H3. The van der Waals surface area contributed by atoms with Gasteiger partial charge < -0.3 is 19.7 Å². The Balaban J connectivity index is 1.51. The van der Waals surface area contributed by atoms with Crippen LogP contribution >= 0.6 is 0 Å². The van der Waals surface area contributed by atoms with Crippen LogP contribution in [0.5, 0.6) is 11.5 Å². The lowest BCUT2D eigenvalue weighted by Crippen LogP contribution is -2.48. The van der Waals surface area contributed by atoms with Crippen LogP contribution in [-0.4, -0.2) is 44.2 Å². The van der Waals surface area contributed by atoms with E-state index >= 15 is 0 Å². The zero-order chi connectivity index (χ0) is 19.1. The highest BCUT2D eigenvalue weighted by molar-refractivity contribution is 5.77. The molecule has 27 heavy (non-hydrogen) atoms. The molecule has 1 N–H and O–H groups in total. The van der Waals surface area contributed by atoms with Crippen LogP contribution in [0.15, 0.2) is 48.5 Å². The highest BCUT2D eigenvalue weighted by atomic mass is 19.1. The normalized spacial score (nSPS) is 16.8. The molecule has 1 unspecified atom stereocenters. The fourth-order valence-electron chi connectivity index (χ4n) is 3.24. The van der Waals surface area contributed by atoms with Crippen molar-refractivity contribution in [2.45, 2.75) is 18.9 Å². The molecule has 1 amide bonds. The van der Waals surface area contributed by atoms with Crippen LogP contribution in [0.1, 0.15) is 24.4 Å². The fraction of sp³-hybridized carbons (Fsp3) is 0.381. The summed E-state index contributed by atoms with van der Waals surface area (Å²) < 4.78 is 24.4. The third-order valence-electron chi connectivity index (χ3n) is 4.66.